The second-order valence-electron chi connectivity index (χ2n) is 6.04. The Labute approximate surface area is 151 Å². The highest BCUT2D eigenvalue weighted by Gasteiger charge is 2.24. The predicted molar refractivity (Wildman–Crippen MR) is 96.5 cm³/mol. The van der Waals surface area contributed by atoms with Gasteiger partial charge in [0.15, 0.2) is 0 Å². The number of carbonyl (C=O) groups is 1. The average Bonchev–Trinajstić information content (AvgIpc) is 3.15. The number of amides is 1. The van der Waals surface area contributed by atoms with Crippen LogP contribution in [0.25, 0.3) is 17.5 Å². The van der Waals surface area contributed by atoms with Crippen LogP contribution >= 0.6 is 0 Å². The molecule has 3 heterocycles. The number of aromatic nitrogens is 4. The third-order valence-electron chi connectivity index (χ3n) is 3.74. The Balaban J connectivity index is 1.72. The van der Waals surface area contributed by atoms with Gasteiger partial charge in [0, 0.05) is 36.4 Å². The summed E-state index contributed by atoms with van der Waals surface area (Å²) >= 11 is 0. The van der Waals surface area contributed by atoms with Gasteiger partial charge in [-0.1, -0.05) is 19.0 Å². The summed E-state index contributed by atoms with van der Waals surface area (Å²) in [6, 6.07) is 6.86. The van der Waals surface area contributed by atoms with Gasteiger partial charge in [0.2, 0.25) is 17.6 Å². The SMILES string of the molecule is CC(C)[C@H](NC(=O)/C=C/c1ccncc1)c1nc(-c2ccncc2)no1. The Hall–Kier alpha value is -3.35. The second-order valence-corrected chi connectivity index (χ2v) is 6.04. The standard InChI is InChI=1S/C19H19N5O2/c1-13(2)17(22-16(25)4-3-14-5-9-20-10-6-14)19-23-18(24-26-19)15-7-11-21-12-8-15/h3-13,17H,1-2H3,(H,22,25)/b4-3+/t17-/m0/s1. The van der Waals surface area contributed by atoms with Crippen molar-refractivity contribution < 1.29 is 9.32 Å². The van der Waals surface area contributed by atoms with E-state index in [2.05, 4.69) is 25.4 Å². The normalized spacial score (nSPS) is 12.4. The third kappa shape index (κ3) is 4.38. The molecule has 0 unspecified atom stereocenters. The molecule has 1 N–H and O–H groups in total. The Kier molecular flexibility index (Phi) is 5.48. The smallest absolute Gasteiger partial charge is 0.249 e. The molecule has 26 heavy (non-hydrogen) atoms. The highest BCUT2D eigenvalue weighted by atomic mass is 16.5. The lowest BCUT2D eigenvalue weighted by molar-refractivity contribution is -0.117. The summed E-state index contributed by atoms with van der Waals surface area (Å²) in [6.45, 7) is 3.96. The molecule has 0 aromatic carbocycles. The topological polar surface area (TPSA) is 93.8 Å². The molecule has 3 aromatic heterocycles. The van der Waals surface area contributed by atoms with Crippen molar-refractivity contribution >= 4 is 12.0 Å². The van der Waals surface area contributed by atoms with E-state index in [4.69, 9.17) is 4.52 Å². The van der Waals surface area contributed by atoms with Crippen molar-refractivity contribution in [3.63, 3.8) is 0 Å². The minimum Gasteiger partial charge on any atom is -0.340 e. The third-order valence-corrected chi connectivity index (χ3v) is 3.74. The summed E-state index contributed by atoms with van der Waals surface area (Å²) in [5.41, 5.74) is 1.70. The van der Waals surface area contributed by atoms with Crippen molar-refractivity contribution in [2.24, 2.45) is 5.92 Å². The molecule has 3 aromatic rings. The fraction of sp³-hybridized carbons (Fsp3) is 0.211. The molecule has 0 aliphatic carbocycles. The molecule has 1 amide bonds. The van der Waals surface area contributed by atoms with Crippen LogP contribution in [-0.2, 0) is 4.79 Å². The van der Waals surface area contributed by atoms with Crippen LogP contribution in [0.5, 0.6) is 0 Å². The Morgan fingerprint density at radius 1 is 1.08 bits per heavy atom. The molecule has 0 bridgehead atoms. The molecule has 7 nitrogen and oxygen atoms in total. The monoisotopic (exact) mass is 349 g/mol. The van der Waals surface area contributed by atoms with Crippen LogP contribution in [0, 0.1) is 5.92 Å². The van der Waals surface area contributed by atoms with E-state index in [0.717, 1.165) is 11.1 Å². The van der Waals surface area contributed by atoms with E-state index in [1.807, 2.05) is 26.0 Å². The molecule has 0 spiro atoms. The van der Waals surface area contributed by atoms with Gasteiger partial charge in [-0.3, -0.25) is 14.8 Å². The molecule has 0 saturated heterocycles. The zero-order valence-electron chi connectivity index (χ0n) is 14.5. The van der Waals surface area contributed by atoms with Gasteiger partial charge in [0.1, 0.15) is 6.04 Å². The number of rotatable bonds is 6. The molecule has 0 radical (unpaired) electrons. The lowest BCUT2D eigenvalue weighted by Crippen LogP contribution is -2.30. The van der Waals surface area contributed by atoms with Gasteiger partial charge >= 0.3 is 0 Å². The first-order valence-electron chi connectivity index (χ1n) is 8.26. The van der Waals surface area contributed by atoms with Crippen LogP contribution in [0.4, 0.5) is 0 Å². The molecule has 7 heteroatoms. The predicted octanol–water partition coefficient (Wildman–Crippen LogP) is 3.05. The Morgan fingerprint density at radius 3 is 2.38 bits per heavy atom. The molecule has 0 saturated carbocycles. The van der Waals surface area contributed by atoms with E-state index < -0.39 is 0 Å². The first-order chi connectivity index (χ1) is 12.6. The zero-order chi connectivity index (χ0) is 18.4. The maximum absolute atomic E-state index is 12.3. The first kappa shape index (κ1) is 17.5. The number of hydrogen-bond acceptors (Lipinski definition) is 6. The number of pyridine rings is 2. The summed E-state index contributed by atoms with van der Waals surface area (Å²) in [5.74, 6) is 0.690. The average molecular weight is 349 g/mol. The fourth-order valence-corrected chi connectivity index (χ4v) is 2.34. The summed E-state index contributed by atoms with van der Waals surface area (Å²) in [5, 5.41) is 6.92. The molecular weight excluding hydrogens is 330 g/mol. The van der Waals surface area contributed by atoms with Gasteiger partial charge in [-0.05, 0) is 41.8 Å². The van der Waals surface area contributed by atoms with Crippen molar-refractivity contribution in [2.45, 2.75) is 19.9 Å². The number of nitrogens with one attached hydrogen (secondary N) is 1. The Bertz CT molecular complexity index is 875. The van der Waals surface area contributed by atoms with Crippen molar-refractivity contribution in [1.29, 1.82) is 0 Å². The molecular formula is C19H19N5O2. The van der Waals surface area contributed by atoms with E-state index in [9.17, 15) is 4.79 Å². The van der Waals surface area contributed by atoms with Gasteiger partial charge < -0.3 is 9.84 Å². The lowest BCUT2D eigenvalue weighted by Gasteiger charge is -2.17. The minimum atomic E-state index is -0.382. The summed E-state index contributed by atoms with van der Waals surface area (Å²) in [6.07, 6.45) is 9.88. The van der Waals surface area contributed by atoms with Crippen LogP contribution in [0.1, 0.15) is 31.3 Å². The summed E-state index contributed by atoms with van der Waals surface area (Å²) in [7, 11) is 0. The van der Waals surface area contributed by atoms with Crippen LogP contribution < -0.4 is 5.32 Å². The van der Waals surface area contributed by atoms with Crippen LogP contribution in [0.2, 0.25) is 0 Å². The fourth-order valence-electron chi connectivity index (χ4n) is 2.34. The largest absolute Gasteiger partial charge is 0.340 e. The van der Waals surface area contributed by atoms with E-state index >= 15 is 0 Å². The van der Waals surface area contributed by atoms with E-state index in [-0.39, 0.29) is 17.9 Å². The second kappa shape index (κ2) is 8.15. The van der Waals surface area contributed by atoms with Gasteiger partial charge in [-0.25, -0.2) is 0 Å². The number of hydrogen-bond donors (Lipinski definition) is 1. The van der Waals surface area contributed by atoms with E-state index in [1.54, 1.807) is 43.0 Å². The van der Waals surface area contributed by atoms with Crippen molar-refractivity contribution in [3.8, 4) is 11.4 Å². The first-order valence-corrected chi connectivity index (χ1v) is 8.26. The van der Waals surface area contributed by atoms with Crippen LogP contribution in [0.15, 0.2) is 59.7 Å². The van der Waals surface area contributed by atoms with Crippen molar-refractivity contribution in [3.05, 3.63) is 66.6 Å². The number of nitrogens with zero attached hydrogens (tertiary/aromatic N) is 4. The van der Waals surface area contributed by atoms with Gasteiger partial charge in [0.25, 0.3) is 0 Å². The lowest BCUT2D eigenvalue weighted by atomic mass is 10.0. The molecule has 1 atom stereocenters. The van der Waals surface area contributed by atoms with Crippen molar-refractivity contribution in [1.82, 2.24) is 25.4 Å². The van der Waals surface area contributed by atoms with Crippen LogP contribution in [0.3, 0.4) is 0 Å². The summed E-state index contributed by atoms with van der Waals surface area (Å²) in [4.78, 5) is 24.6. The highest BCUT2D eigenvalue weighted by Crippen LogP contribution is 2.23. The molecule has 3 rings (SSSR count). The Morgan fingerprint density at radius 2 is 1.73 bits per heavy atom. The maximum Gasteiger partial charge on any atom is 0.249 e. The maximum atomic E-state index is 12.3. The molecule has 0 aliphatic rings. The van der Waals surface area contributed by atoms with E-state index in [1.165, 1.54) is 6.08 Å². The molecule has 132 valence electrons. The molecule has 0 aliphatic heterocycles. The van der Waals surface area contributed by atoms with Gasteiger partial charge in [-0.2, -0.15) is 4.98 Å². The van der Waals surface area contributed by atoms with E-state index in [0.29, 0.717) is 11.7 Å². The zero-order valence-corrected chi connectivity index (χ0v) is 14.5. The quantitative estimate of drug-likeness (QED) is 0.687. The van der Waals surface area contributed by atoms with Gasteiger partial charge in [0.05, 0.1) is 0 Å². The number of carbonyl (C=O) groups excluding carboxylic acids is 1. The highest BCUT2D eigenvalue weighted by molar-refractivity contribution is 5.91. The molecule has 0 fully saturated rings. The van der Waals surface area contributed by atoms with Crippen molar-refractivity contribution in [2.75, 3.05) is 0 Å². The van der Waals surface area contributed by atoms with Crippen LogP contribution in [-0.4, -0.2) is 26.0 Å². The van der Waals surface area contributed by atoms with Gasteiger partial charge in [-0.15, -0.1) is 0 Å². The minimum absolute atomic E-state index is 0.0824. The summed E-state index contributed by atoms with van der Waals surface area (Å²) < 4.78 is 5.38.